The molecule has 1 saturated heterocycles. The van der Waals surface area contributed by atoms with E-state index < -0.39 is 17.4 Å². The van der Waals surface area contributed by atoms with Crippen molar-refractivity contribution in [2.24, 2.45) is 5.41 Å². The Labute approximate surface area is 102 Å². The molecule has 0 aromatic rings. The number of aliphatic carboxylic acids is 1. The minimum absolute atomic E-state index is 0.202. The van der Waals surface area contributed by atoms with Gasteiger partial charge in [-0.05, 0) is 24.8 Å². The summed E-state index contributed by atoms with van der Waals surface area (Å²) in [6, 6.07) is -1.09. The number of carboxylic acids is 1. The minimum Gasteiger partial charge on any atom is -0.480 e. The fraction of sp³-hybridized carbons (Fsp3) is 0.833. The predicted molar refractivity (Wildman–Crippen MR) is 64.7 cm³/mol. The zero-order valence-electron chi connectivity index (χ0n) is 10.7. The molecule has 0 bridgehead atoms. The summed E-state index contributed by atoms with van der Waals surface area (Å²) in [6.07, 6.45) is 2.87. The highest BCUT2D eigenvalue weighted by molar-refractivity contribution is 5.87. The van der Waals surface area contributed by atoms with Crippen molar-refractivity contribution in [1.29, 1.82) is 0 Å². The van der Waals surface area contributed by atoms with Gasteiger partial charge in [0, 0.05) is 0 Å². The number of carbonyl (C=O) groups is 2. The van der Waals surface area contributed by atoms with Gasteiger partial charge in [-0.15, -0.1) is 0 Å². The molecule has 1 aliphatic heterocycles. The molecule has 0 aromatic heterocycles. The number of hydrogen-bond acceptors (Lipinski definition) is 3. The first kappa shape index (κ1) is 14.0. The third-order valence-corrected chi connectivity index (χ3v) is 3.03. The van der Waals surface area contributed by atoms with Gasteiger partial charge >= 0.3 is 5.97 Å². The molecule has 0 spiro atoms. The summed E-state index contributed by atoms with van der Waals surface area (Å²) in [4.78, 5) is 23.1. The summed E-state index contributed by atoms with van der Waals surface area (Å²) in [5, 5.41) is 14.9. The van der Waals surface area contributed by atoms with Crippen LogP contribution in [0.2, 0.25) is 0 Å². The standard InChI is InChI=1S/C12H22N2O3/c1-12(2,3)9(11(16)17)14-10(15)8-6-4-5-7-13-8/h8-9,13H,4-7H2,1-3H3,(H,14,15)(H,16,17)/t8-,9?/m1/s1. The predicted octanol–water partition coefficient (Wildman–Crippen LogP) is 0.744. The smallest absolute Gasteiger partial charge is 0.326 e. The van der Waals surface area contributed by atoms with Crippen LogP contribution in [0.4, 0.5) is 0 Å². The molecule has 5 heteroatoms. The summed E-state index contributed by atoms with van der Waals surface area (Å²) in [7, 11) is 0. The van der Waals surface area contributed by atoms with E-state index in [9.17, 15) is 9.59 Å². The Morgan fingerprint density at radius 1 is 1.35 bits per heavy atom. The monoisotopic (exact) mass is 242 g/mol. The van der Waals surface area contributed by atoms with Crippen molar-refractivity contribution >= 4 is 11.9 Å². The third kappa shape index (κ3) is 4.00. The topological polar surface area (TPSA) is 78.4 Å². The summed E-state index contributed by atoms with van der Waals surface area (Å²) in [6.45, 7) is 6.24. The maximum atomic E-state index is 11.9. The van der Waals surface area contributed by atoms with E-state index in [1.807, 2.05) is 0 Å². The van der Waals surface area contributed by atoms with E-state index in [0.717, 1.165) is 25.8 Å². The number of carbonyl (C=O) groups excluding carboxylic acids is 1. The van der Waals surface area contributed by atoms with E-state index in [1.165, 1.54) is 0 Å². The highest BCUT2D eigenvalue weighted by Crippen LogP contribution is 2.20. The van der Waals surface area contributed by atoms with E-state index in [1.54, 1.807) is 20.8 Å². The number of hydrogen-bond donors (Lipinski definition) is 3. The lowest BCUT2D eigenvalue weighted by molar-refractivity contribution is -0.145. The van der Waals surface area contributed by atoms with Crippen LogP contribution in [0.1, 0.15) is 40.0 Å². The van der Waals surface area contributed by atoms with E-state index in [-0.39, 0.29) is 11.9 Å². The number of nitrogens with one attached hydrogen (secondary N) is 2. The fourth-order valence-electron chi connectivity index (χ4n) is 1.97. The Morgan fingerprint density at radius 3 is 2.41 bits per heavy atom. The van der Waals surface area contributed by atoms with Gasteiger partial charge < -0.3 is 15.7 Å². The second-order valence-corrected chi connectivity index (χ2v) is 5.65. The summed E-state index contributed by atoms with van der Waals surface area (Å²) >= 11 is 0. The molecule has 1 fully saturated rings. The van der Waals surface area contributed by atoms with Crippen LogP contribution in [0.15, 0.2) is 0 Å². The summed E-state index contributed by atoms with van der Waals surface area (Å²) in [5.41, 5.74) is -0.490. The Kier molecular flexibility index (Phi) is 4.51. The number of amides is 1. The molecule has 5 nitrogen and oxygen atoms in total. The van der Waals surface area contributed by atoms with Crippen molar-refractivity contribution < 1.29 is 14.7 Å². The largest absolute Gasteiger partial charge is 0.480 e. The lowest BCUT2D eigenvalue weighted by Gasteiger charge is -2.30. The first-order valence-electron chi connectivity index (χ1n) is 6.09. The SMILES string of the molecule is CC(C)(C)C(NC(=O)[C@H]1CCCCN1)C(=O)O. The van der Waals surface area contributed by atoms with E-state index in [0.29, 0.717) is 0 Å². The van der Waals surface area contributed by atoms with Gasteiger partial charge in [0.05, 0.1) is 6.04 Å². The molecule has 0 saturated carbocycles. The Bertz CT molecular complexity index is 291. The van der Waals surface area contributed by atoms with Crippen LogP contribution >= 0.6 is 0 Å². The maximum absolute atomic E-state index is 11.9. The van der Waals surface area contributed by atoms with Crippen molar-refractivity contribution in [3.05, 3.63) is 0 Å². The van der Waals surface area contributed by atoms with E-state index in [2.05, 4.69) is 10.6 Å². The van der Waals surface area contributed by atoms with Crippen molar-refractivity contribution in [2.75, 3.05) is 6.54 Å². The lowest BCUT2D eigenvalue weighted by Crippen LogP contribution is -2.55. The van der Waals surface area contributed by atoms with Gasteiger partial charge in [-0.25, -0.2) is 4.79 Å². The van der Waals surface area contributed by atoms with Crippen LogP contribution in [-0.2, 0) is 9.59 Å². The zero-order valence-corrected chi connectivity index (χ0v) is 10.7. The third-order valence-electron chi connectivity index (χ3n) is 3.03. The normalized spacial score (nSPS) is 22.9. The van der Waals surface area contributed by atoms with Crippen LogP contribution in [0.25, 0.3) is 0 Å². The molecule has 1 amide bonds. The molecular formula is C12H22N2O3. The molecule has 0 aliphatic carbocycles. The van der Waals surface area contributed by atoms with Crippen LogP contribution in [0, 0.1) is 5.41 Å². The first-order valence-corrected chi connectivity index (χ1v) is 6.09. The lowest BCUT2D eigenvalue weighted by atomic mass is 9.86. The van der Waals surface area contributed by atoms with E-state index in [4.69, 9.17) is 5.11 Å². The first-order chi connectivity index (χ1) is 7.82. The molecule has 1 heterocycles. The van der Waals surface area contributed by atoms with Crippen LogP contribution < -0.4 is 10.6 Å². The molecular weight excluding hydrogens is 220 g/mol. The summed E-state index contributed by atoms with van der Waals surface area (Å²) in [5.74, 6) is -1.19. The zero-order chi connectivity index (χ0) is 13.1. The molecule has 98 valence electrons. The second kappa shape index (κ2) is 5.49. The average molecular weight is 242 g/mol. The van der Waals surface area contributed by atoms with E-state index >= 15 is 0 Å². The molecule has 1 aliphatic rings. The van der Waals surface area contributed by atoms with Gasteiger partial charge in [0.25, 0.3) is 0 Å². The molecule has 2 atom stereocenters. The van der Waals surface area contributed by atoms with Gasteiger partial charge in [-0.3, -0.25) is 4.79 Å². The fourth-order valence-corrected chi connectivity index (χ4v) is 1.97. The molecule has 0 radical (unpaired) electrons. The van der Waals surface area contributed by atoms with Gasteiger partial charge in [0.1, 0.15) is 6.04 Å². The van der Waals surface area contributed by atoms with Gasteiger partial charge in [0.2, 0.25) is 5.91 Å². The highest BCUT2D eigenvalue weighted by atomic mass is 16.4. The molecule has 1 unspecified atom stereocenters. The quantitative estimate of drug-likeness (QED) is 0.682. The van der Waals surface area contributed by atoms with Gasteiger partial charge in [0.15, 0.2) is 0 Å². The number of rotatable bonds is 3. The maximum Gasteiger partial charge on any atom is 0.326 e. The van der Waals surface area contributed by atoms with Crippen molar-refractivity contribution in [3.63, 3.8) is 0 Å². The highest BCUT2D eigenvalue weighted by Gasteiger charge is 2.34. The van der Waals surface area contributed by atoms with Crippen LogP contribution in [0.5, 0.6) is 0 Å². The Morgan fingerprint density at radius 2 is 2.00 bits per heavy atom. The molecule has 17 heavy (non-hydrogen) atoms. The summed E-state index contributed by atoms with van der Waals surface area (Å²) < 4.78 is 0. The number of piperidine rings is 1. The van der Waals surface area contributed by atoms with Gasteiger partial charge in [-0.2, -0.15) is 0 Å². The van der Waals surface area contributed by atoms with Crippen LogP contribution in [-0.4, -0.2) is 35.6 Å². The average Bonchev–Trinajstić information content (AvgIpc) is 2.24. The van der Waals surface area contributed by atoms with Crippen LogP contribution in [0.3, 0.4) is 0 Å². The minimum atomic E-state index is -0.985. The Hall–Kier alpha value is -1.10. The number of carboxylic acid groups (broad SMARTS) is 1. The molecule has 1 rings (SSSR count). The molecule has 3 N–H and O–H groups in total. The van der Waals surface area contributed by atoms with Crippen molar-refractivity contribution in [3.8, 4) is 0 Å². The molecule has 0 aromatic carbocycles. The Balaban J connectivity index is 2.60. The second-order valence-electron chi connectivity index (χ2n) is 5.65. The van der Waals surface area contributed by atoms with Gasteiger partial charge in [-0.1, -0.05) is 27.2 Å². The van der Waals surface area contributed by atoms with Crippen molar-refractivity contribution in [2.45, 2.75) is 52.1 Å². The van der Waals surface area contributed by atoms with Crippen molar-refractivity contribution in [1.82, 2.24) is 10.6 Å².